The summed E-state index contributed by atoms with van der Waals surface area (Å²) in [5, 5.41) is 7.97. The van der Waals surface area contributed by atoms with Crippen LogP contribution in [0.1, 0.15) is 37.9 Å². The van der Waals surface area contributed by atoms with Gasteiger partial charge in [0.1, 0.15) is 5.82 Å². The molecule has 4 nitrogen and oxygen atoms in total. The number of hydrogen-bond donors (Lipinski definition) is 1. The molecule has 1 heterocycles. The van der Waals surface area contributed by atoms with Crippen molar-refractivity contribution in [2.24, 2.45) is 5.92 Å². The van der Waals surface area contributed by atoms with Crippen molar-refractivity contribution in [2.45, 2.75) is 43.7 Å². The molecule has 1 aliphatic carbocycles. The number of aromatic nitrogens is 3. The van der Waals surface area contributed by atoms with Gasteiger partial charge in [0.2, 0.25) is 5.16 Å². The van der Waals surface area contributed by atoms with Crippen LogP contribution >= 0.6 is 11.8 Å². The summed E-state index contributed by atoms with van der Waals surface area (Å²) >= 11 is 1.52. The summed E-state index contributed by atoms with van der Waals surface area (Å²) in [6.45, 7) is 0.428. The number of nitrogens with zero attached hydrogens (tertiary/aromatic N) is 2. The van der Waals surface area contributed by atoms with E-state index < -0.39 is 0 Å². The first-order valence-corrected chi connectivity index (χ1v) is 9.21. The molecule has 1 aromatic heterocycles. The quantitative estimate of drug-likeness (QED) is 0.579. The van der Waals surface area contributed by atoms with Gasteiger partial charge in [0.15, 0.2) is 11.6 Å². The van der Waals surface area contributed by atoms with Gasteiger partial charge in [-0.2, -0.15) is 0 Å². The largest absolute Gasteiger partial charge is 0.490 e. The van der Waals surface area contributed by atoms with E-state index in [1.54, 1.807) is 18.2 Å². The monoisotopic (exact) mass is 335 g/mol. The molecule has 1 fully saturated rings. The number of hydrogen-bond acceptors (Lipinski definition) is 4. The van der Waals surface area contributed by atoms with E-state index in [1.807, 2.05) is 0 Å². The van der Waals surface area contributed by atoms with Crippen molar-refractivity contribution in [2.75, 3.05) is 12.4 Å². The SMILES string of the molecule is Fc1ccccc1OCCSc1n[nH]c(CCC2CCCC2)n1. The number of thioether (sulfide) groups is 1. The highest BCUT2D eigenvalue weighted by Crippen LogP contribution is 2.28. The van der Waals surface area contributed by atoms with Crippen molar-refractivity contribution < 1.29 is 9.13 Å². The Balaban J connectivity index is 1.36. The third kappa shape index (κ3) is 4.96. The van der Waals surface area contributed by atoms with Crippen LogP contribution in [0, 0.1) is 11.7 Å². The molecule has 1 aromatic carbocycles. The number of aromatic amines is 1. The highest BCUT2D eigenvalue weighted by atomic mass is 32.2. The Bertz CT molecular complexity index is 613. The summed E-state index contributed by atoms with van der Waals surface area (Å²) in [5.74, 6) is 2.48. The van der Waals surface area contributed by atoms with Gasteiger partial charge >= 0.3 is 0 Å². The van der Waals surface area contributed by atoms with Gasteiger partial charge < -0.3 is 4.74 Å². The summed E-state index contributed by atoms with van der Waals surface area (Å²) in [6.07, 6.45) is 7.67. The fraction of sp³-hybridized carbons (Fsp3) is 0.529. The number of H-pyrrole nitrogens is 1. The maximum atomic E-state index is 13.4. The van der Waals surface area contributed by atoms with Gasteiger partial charge in [0.25, 0.3) is 0 Å². The molecule has 1 N–H and O–H groups in total. The molecule has 3 rings (SSSR count). The second-order valence-electron chi connectivity index (χ2n) is 5.88. The summed E-state index contributed by atoms with van der Waals surface area (Å²) in [7, 11) is 0. The maximum absolute atomic E-state index is 13.4. The Hall–Kier alpha value is -1.56. The van der Waals surface area contributed by atoms with Crippen LogP contribution in [0.15, 0.2) is 29.4 Å². The fourth-order valence-corrected chi connectivity index (χ4v) is 3.57. The fourth-order valence-electron chi connectivity index (χ4n) is 2.94. The summed E-state index contributed by atoms with van der Waals surface area (Å²) in [5.41, 5.74) is 0. The first-order chi connectivity index (χ1) is 11.3. The second-order valence-corrected chi connectivity index (χ2v) is 6.94. The smallest absolute Gasteiger partial charge is 0.208 e. The molecule has 0 aliphatic heterocycles. The molecule has 0 bridgehead atoms. The highest BCUT2D eigenvalue weighted by molar-refractivity contribution is 7.99. The standard InChI is InChI=1S/C17H22FN3OS/c18-14-7-3-4-8-15(14)22-11-12-23-17-19-16(20-21-17)10-9-13-5-1-2-6-13/h3-4,7-8,13H,1-2,5-6,9-12H2,(H,19,20,21). The molecule has 6 heteroatoms. The van der Waals surface area contributed by atoms with E-state index in [9.17, 15) is 4.39 Å². The molecular formula is C17H22FN3OS. The Labute approximate surface area is 140 Å². The van der Waals surface area contributed by atoms with Crippen LogP contribution in [-0.4, -0.2) is 27.5 Å². The molecule has 0 unspecified atom stereocenters. The van der Waals surface area contributed by atoms with E-state index in [-0.39, 0.29) is 5.82 Å². The molecular weight excluding hydrogens is 313 g/mol. The first kappa shape index (κ1) is 16.3. The third-order valence-corrected chi connectivity index (χ3v) is 5.00. The van der Waals surface area contributed by atoms with Gasteiger partial charge in [-0.25, -0.2) is 9.37 Å². The van der Waals surface area contributed by atoms with Crippen molar-refractivity contribution in [1.29, 1.82) is 0 Å². The molecule has 0 radical (unpaired) electrons. The molecule has 1 saturated carbocycles. The van der Waals surface area contributed by atoms with Crippen molar-refractivity contribution in [3.8, 4) is 5.75 Å². The van der Waals surface area contributed by atoms with Crippen LogP contribution in [0.5, 0.6) is 5.75 Å². The predicted molar refractivity (Wildman–Crippen MR) is 89.3 cm³/mol. The Morgan fingerprint density at radius 2 is 2.09 bits per heavy atom. The molecule has 0 saturated heterocycles. The van der Waals surface area contributed by atoms with Crippen LogP contribution in [0.3, 0.4) is 0 Å². The Kier molecular flexibility index (Phi) is 5.91. The number of halogens is 1. The van der Waals surface area contributed by atoms with Crippen LogP contribution < -0.4 is 4.74 Å². The minimum Gasteiger partial charge on any atom is -0.490 e. The number of rotatable bonds is 8. The normalized spacial score (nSPS) is 15.2. The summed E-state index contributed by atoms with van der Waals surface area (Å²) < 4.78 is 18.8. The van der Waals surface area contributed by atoms with E-state index in [0.717, 1.165) is 23.3 Å². The average Bonchev–Trinajstić information content (AvgIpc) is 3.23. The topological polar surface area (TPSA) is 50.8 Å². The minimum atomic E-state index is -0.329. The molecule has 0 spiro atoms. The molecule has 1 aliphatic rings. The first-order valence-electron chi connectivity index (χ1n) is 8.22. The van der Waals surface area contributed by atoms with Crippen LogP contribution in [-0.2, 0) is 6.42 Å². The number of benzene rings is 1. The van der Waals surface area contributed by atoms with Crippen molar-refractivity contribution in [3.63, 3.8) is 0 Å². The second kappa shape index (κ2) is 8.34. The lowest BCUT2D eigenvalue weighted by Crippen LogP contribution is -2.01. The highest BCUT2D eigenvalue weighted by Gasteiger charge is 2.15. The lowest BCUT2D eigenvalue weighted by atomic mass is 10.0. The summed E-state index contributed by atoms with van der Waals surface area (Å²) in [6, 6.07) is 6.44. The zero-order valence-electron chi connectivity index (χ0n) is 13.1. The van der Waals surface area contributed by atoms with Crippen molar-refractivity contribution >= 4 is 11.8 Å². The number of ether oxygens (including phenoxy) is 1. The lowest BCUT2D eigenvalue weighted by Gasteiger charge is -2.05. The minimum absolute atomic E-state index is 0.292. The molecule has 23 heavy (non-hydrogen) atoms. The van der Waals surface area contributed by atoms with E-state index in [2.05, 4.69) is 15.2 Å². The molecule has 0 amide bonds. The lowest BCUT2D eigenvalue weighted by molar-refractivity contribution is 0.325. The Morgan fingerprint density at radius 1 is 1.26 bits per heavy atom. The van der Waals surface area contributed by atoms with Crippen LogP contribution in [0.2, 0.25) is 0 Å². The third-order valence-electron chi connectivity index (χ3n) is 4.18. The van der Waals surface area contributed by atoms with Gasteiger partial charge in [0.05, 0.1) is 6.61 Å². The zero-order chi connectivity index (χ0) is 15.9. The molecule has 0 atom stereocenters. The van der Waals surface area contributed by atoms with Crippen molar-refractivity contribution in [1.82, 2.24) is 15.2 Å². The average molecular weight is 335 g/mol. The van der Waals surface area contributed by atoms with Gasteiger partial charge in [-0.05, 0) is 24.5 Å². The maximum Gasteiger partial charge on any atom is 0.208 e. The van der Waals surface area contributed by atoms with Gasteiger partial charge in [0, 0.05) is 12.2 Å². The van der Waals surface area contributed by atoms with Gasteiger partial charge in [-0.15, -0.1) is 5.10 Å². The predicted octanol–water partition coefficient (Wildman–Crippen LogP) is 4.24. The number of aryl methyl sites for hydroxylation is 1. The van der Waals surface area contributed by atoms with Crippen LogP contribution in [0.4, 0.5) is 4.39 Å². The number of nitrogens with one attached hydrogen (secondary N) is 1. The van der Waals surface area contributed by atoms with E-state index in [4.69, 9.17) is 4.74 Å². The van der Waals surface area contributed by atoms with Gasteiger partial charge in [-0.3, -0.25) is 5.10 Å². The van der Waals surface area contributed by atoms with Crippen LogP contribution in [0.25, 0.3) is 0 Å². The van der Waals surface area contributed by atoms with E-state index >= 15 is 0 Å². The zero-order valence-corrected chi connectivity index (χ0v) is 13.9. The van der Waals surface area contributed by atoms with E-state index in [0.29, 0.717) is 18.1 Å². The Morgan fingerprint density at radius 3 is 2.91 bits per heavy atom. The summed E-state index contributed by atoms with van der Waals surface area (Å²) in [4.78, 5) is 4.50. The number of para-hydroxylation sites is 1. The van der Waals surface area contributed by atoms with Gasteiger partial charge in [-0.1, -0.05) is 49.6 Å². The van der Waals surface area contributed by atoms with E-state index in [1.165, 1.54) is 49.9 Å². The van der Waals surface area contributed by atoms with Crippen molar-refractivity contribution in [3.05, 3.63) is 35.9 Å². The molecule has 124 valence electrons. The molecule has 2 aromatic rings.